The SMILES string of the molecule is CC(C)(C)[NH-].Cc1cc(CNC(=O)c2cnccn2)ccc1OCC(F)(F)F. The topological polar surface area (TPSA) is 87.9 Å². The number of nitrogens with one attached hydrogen (secondary N) is 2. The molecule has 0 atom stereocenters. The number of alkyl halides is 3. The van der Waals surface area contributed by atoms with Crippen LogP contribution in [-0.2, 0) is 6.54 Å². The smallest absolute Gasteiger partial charge is 0.422 e. The van der Waals surface area contributed by atoms with Crippen LogP contribution in [0.1, 0.15) is 42.4 Å². The van der Waals surface area contributed by atoms with Crippen molar-refractivity contribution in [1.82, 2.24) is 15.3 Å². The number of nitrogens with zero attached hydrogens (tertiary/aromatic N) is 2. The Morgan fingerprint density at radius 1 is 1.21 bits per heavy atom. The van der Waals surface area contributed by atoms with Crippen molar-refractivity contribution in [3.63, 3.8) is 0 Å². The van der Waals surface area contributed by atoms with Crippen LogP contribution in [0.5, 0.6) is 5.75 Å². The number of halogens is 3. The molecule has 0 bridgehead atoms. The lowest BCUT2D eigenvalue weighted by molar-refractivity contribution is -0.153. The first kappa shape index (κ1) is 23.4. The van der Waals surface area contributed by atoms with Gasteiger partial charge in [-0.3, -0.25) is 9.78 Å². The zero-order valence-electron chi connectivity index (χ0n) is 16.2. The van der Waals surface area contributed by atoms with E-state index in [0.29, 0.717) is 5.56 Å². The minimum atomic E-state index is -4.38. The Labute approximate surface area is 162 Å². The van der Waals surface area contributed by atoms with Gasteiger partial charge in [-0.25, -0.2) is 4.98 Å². The first-order valence-electron chi connectivity index (χ1n) is 8.43. The molecule has 0 saturated heterocycles. The number of aromatic nitrogens is 2. The van der Waals surface area contributed by atoms with Crippen LogP contribution in [0.2, 0.25) is 0 Å². The van der Waals surface area contributed by atoms with Crippen LogP contribution in [0.3, 0.4) is 0 Å². The van der Waals surface area contributed by atoms with E-state index in [-0.39, 0.29) is 29.4 Å². The van der Waals surface area contributed by atoms with Crippen LogP contribution >= 0.6 is 0 Å². The van der Waals surface area contributed by atoms with Crippen molar-refractivity contribution in [3.8, 4) is 5.75 Å². The van der Waals surface area contributed by atoms with E-state index in [1.165, 1.54) is 24.7 Å². The Balaban J connectivity index is 0.000000696. The van der Waals surface area contributed by atoms with Gasteiger partial charge >= 0.3 is 6.18 Å². The van der Waals surface area contributed by atoms with Crippen molar-refractivity contribution in [2.24, 2.45) is 0 Å². The Hall–Kier alpha value is -2.68. The molecular formula is C19H24F3N4O2-. The van der Waals surface area contributed by atoms with Gasteiger partial charge in [0.1, 0.15) is 11.4 Å². The largest absolute Gasteiger partial charge is 0.673 e. The van der Waals surface area contributed by atoms with E-state index in [1.54, 1.807) is 19.1 Å². The van der Waals surface area contributed by atoms with Gasteiger partial charge in [0, 0.05) is 18.9 Å². The quantitative estimate of drug-likeness (QED) is 0.805. The van der Waals surface area contributed by atoms with E-state index in [4.69, 9.17) is 10.5 Å². The molecule has 0 radical (unpaired) electrons. The van der Waals surface area contributed by atoms with Gasteiger partial charge in [-0.1, -0.05) is 32.9 Å². The lowest BCUT2D eigenvalue weighted by Gasteiger charge is -2.20. The molecule has 2 N–H and O–H groups in total. The summed E-state index contributed by atoms with van der Waals surface area (Å²) in [6, 6.07) is 4.70. The normalized spacial score (nSPS) is 11.3. The molecule has 0 fully saturated rings. The predicted octanol–water partition coefficient (Wildman–Crippen LogP) is 4.49. The number of hydrogen-bond acceptors (Lipinski definition) is 4. The Bertz CT molecular complexity index is 754. The molecule has 1 aromatic carbocycles. The highest BCUT2D eigenvalue weighted by molar-refractivity contribution is 5.91. The summed E-state index contributed by atoms with van der Waals surface area (Å²) in [5.41, 5.74) is 8.17. The number of ether oxygens (including phenoxy) is 1. The molecule has 154 valence electrons. The standard InChI is InChI=1S/C15H14F3N3O2.C4H10N/c1-10-6-11(2-3-13(10)23-9-15(16,17)18)7-21-14(22)12-8-19-4-5-20-12;1-4(2,3)5/h2-6,8H,7,9H2,1H3,(H,21,22);5H,1-3H3/q;-1. The summed E-state index contributed by atoms with van der Waals surface area (Å²) < 4.78 is 41.1. The summed E-state index contributed by atoms with van der Waals surface area (Å²) in [5, 5.41) is 2.66. The van der Waals surface area contributed by atoms with Crippen molar-refractivity contribution in [2.45, 2.75) is 46.0 Å². The lowest BCUT2D eigenvalue weighted by Crippen LogP contribution is -2.24. The van der Waals surface area contributed by atoms with E-state index < -0.39 is 12.8 Å². The molecule has 28 heavy (non-hydrogen) atoms. The second-order valence-corrected chi connectivity index (χ2v) is 7.03. The fraction of sp³-hybridized carbons (Fsp3) is 0.421. The molecule has 0 aliphatic rings. The lowest BCUT2D eigenvalue weighted by atomic mass is 10.1. The zero-order valence-corrected chi connectivity index (χ0v) is 16.2. The summed E-state index contributed by atoms with van der Waals surface area (Å²) >= 11 is 0. The third-order valence-corrected chi connectivity index (χ3v) is 2.88. The van der Waals surface area contributed by atoms with E-state index in [2.05, 4.69) is 15.3 Å². The van der Waals surface area contributed by atoms with E-state index in [1.807, 2.05) is 20.8 Å². The van der Waals surface area contributed by atoms with Gasteiger partial charge in [0.2, 0.25) is 0 Å². The molecule has 2 rings (SSSR count). The fourth-order valence-electron chi connectivity index (χ4n) is 1.83. The molecule has 1 amide bonds. The molecule has 9 heteroatoms. The number of hydrogen-bond donors (Lipinski definition) is 1. The van der Waals surface area contributed by atoms with Crippen molar-refractivity contribution < 1.29 is 22.7 Å². The van der Waals surface area contributed by atoms with Crippen LogP contribution in [-0.4, -0.2) is 34.2 Å². The Morgan fingerprint density at radius 2 is 1.86 bits per heavy atom. The number of carbonyl (C=O) groups excluding carboxylic acids is 1. The van der Waals surface area contributed by atoms with E-state index in [0.717, 1.165) is 5.56 Å². The number of aryl methyl sites for hydroxylation is 1. The van der Waals surface area contributed by atoms with Crippen LogP contribution in [0.4, 0.5) is 13.2 Å². The monoisotopic (exact) mass is 397 g/mol. The van der Waals surface area contributed by atoms with Gasteiger partial charge in [0.25, 0.3) is 5.91 Å². The molecule has 1 aromatic heterocycles. The van der Waals surface area contributed by atoms with Crippen LogP contribution in [0.15, 0.2) is 36.8 Å². The van der Waals surface area contributed by atoms with Crippen LogP contribution in [0.25, 0.3) is 5.73 Å². The highest BCUT2D eigenvalue weighted by atomic mass is 19.4. The highest BCUT2D eigenvalue weighted by Gasteiger charge is 2.28. The maximum absolute atomic E-state index is 12.1. The summed E-state index contributed by atoms with van der Waals surface area (Å²) in [6.45, 7) is 6.08. The molecule has 0 unspecified atom stereocenters. The van der Waals surface area contributed by atoms with Crippen molar-refractivity contribution in [2.75, 3.05) is 6.61 Å². The molecule has 2 aromatic rings. The summed E-state index contributed by atoms with van der Waals surface area (Å²) in [7, 11) is 0. The predicted molar refractivity (Wildman–Crippen MR) is 100 cm³/mol. The minimum Gasteiger partial charge on any atom is -0.673 e. The maximum atomic E-state index is 12.1. The first-order valence-corrected chi connectivity index (χ1v) is 8.43. The third-order valence-electron chi connectivity index (χ3n) is 2.88. The van der Waals surface area contributed by atoms with Gasteiger partial charge < -0.3 is 15.8 Å². The fourth-order valence-corrected chi connectivity index (χ4v) is 1.83. The first-order chi connectivity index (χ1) is 12.8. The van der Waals surface area contributed by atoms with Crippen LogP contribution in [0, 0.1) is 6.92 Å². The average Bonchev–Trinajstić information content (AvgIpc) is 2.57. The molecule has 0 aliphatic heterocycles. The number of amides is 1. The summed E-state index contributed by atoms with van der Waals surface area (Å²) in [4.78, 5) is 19.5. The number of rotatable bonds is 5. The molecular weight excluding hydrogens is 373 g/mol. The Kier molecular flexibility index (Phi) is 8.36. The minimum absolute atomic E-state index is 0.159. The molecule has 6 nitrogen and oxygen atoms in total. The molecule has 1 heterocycles. The van der Waals surface area contributed by atoms with Crippen molar-refractivity contribution in [3.05, 3.63) is 59.3 Å². The molecule has 0 spiro atoms. The van der Waals surface area contributed by atoms with E-state index >= 15 is 0 Å². The maximum Gasteiger partial charge on any atom is 0.422 e. The molecule has 0 saturated carbocycles. The van der Waals surface area contributed by atoms with Gasteiger partial charge in [0.05, 0.1) is 6.20 Å². The van der Waals surface area contributed by atoms with E-state index in [9.17, 15) is 18.0 Å². The van der Waals surface area contributed by atoms with Crippen molar-refractivity contribution in [1.29, 1.82) is 0 Å². The second kappa shape index (κ2) is 10.0. The number of benzene rings is 1. The number of carbonyl (C=O) groups is 1. The van der Waals surface area contributed by atoms with Gasteiger partial charge in [-0.15, -0.1) is 5.54 Å². The summed E-state index contributed by atoms with van der Waals surface area (Å²) in [6.07, 6.45) is -0.171. The highest BCUT2D eigenvalue weighted by Crippen LogP contribution is 2.22. The van der Waals surface area contributed by atoms with Gasteiger partial charge in [-0.05, 0) is 24.1 Å². The van der Waals surface area contributed by atoms with Crippen LogP contribution < -0.4 is 10.1 Å². The van der Waals surface area contributed by atoms with Crippen molar-refractivity contribution >= 4 is 5.91 Å². The zero-order chi connectivity index (χ0) is 21.4. The van der Waals surface area contributed by atoms with Gasteiger partial charge in [0.15, 0.2) is 6.61 Å². The summed E-state index contributed by atoms with van der Waals surface area (Å²) in [5.74, 6) is -0.223. The van der Waals surface area contributed by atoms with Gasteiger partial charge in [-0.2, -0.15) is 13.2 Å². The molecule has 0 aliphatic carbocycles. The second-order valence-electron chi connectivity index (χ2n) is 7.03. The Morgan fingerprint density at radius 3 is 2.36 bits per heavy atom. The average molecular weight is 397 g/mol. The third kappa shape index (κ3) is 10.5.